The van der Waals surface area contributed by atoms with Crippen LogP contribution in [0.3, 0.4) is 0 Å². The molecule has 33 heavy (non-hydrogen) atoms. The van der Waals surface area contributed by atoms with Gasteiger partial charge in [-0.2, -0.15) is 0 Å². The zero-order valence-corrected chi connectivity index (χ0v) is 19.9. The third kappa shape index (κ3) is 6.22. The monoisotopic (exact) mass is 455 g/mol. The highest BCUT2D eigenvalue weighted by atomic mass is 16.6. The lowest BCUT2D eigenvalue weighted by Crippen LogP contribution is -2.42. The second-order valence-corrected chi connectivity index (χ2v) is 9.56. The Morgan fingerprint density at radius 2 is 1.94 bits per heavy atom. The molecule has 1 unspecified atom stereocenters. The summed E-state index contributed by atoms with van der Waals surface area (Å²) in [5, 5.41) is 14.6. The van der Waals surface area contributed by atoms with E-state index in [1.54, 1.807) is 18.5 Å². The van der Waals surface area contributed by atoms with Gasteiger partial charge in [0.1, 0.15) is 18.0 Å². The summed E-state index contributed by atoms with van der Waals surface area (Å²) in [4.78, 5) is 29.3. The van der Waals surface area contributed by atoms with Crippen molar-refractivity contribution < 1.29 is 19.4 Å². The Hall–Kier alpha value is -3.13. The molecule has 0 fully saturated rings. The molecule has 0 saturated heterocycles. The first-order valence-electron chi connectivity index (χ1n) is 11.2. The number of alkyl carbamates (subject to hydrolysis) is 1. The molecule has 0 aliphatic heterocycles. The fourth-order valence-corrected chi connectivity index (χ4v) is 3.84. The number of nitrogens with zero attached hydrogens (tertiary/aromatic N) is 2. The average molecular weight is 456 g/mol. The van der Waals surface area contributed by atoms with Crippen LogP contribution in [0.25, 0.3) is 21.7 Å². The topological polar surface area (TPSA) is 103 Å². The number of amides is 1. The molecule has 0 aliphatic carbocycles. The summed E-state index contributed by atoms with van der Waals surface area (Å²) in [7, 11) is 0. The van der Waals surface area contributed by atoms with Crippen molar-refractivity contribution in [1.82, 2.24) is 14.9 Å². The summed E-state index contributed by atoms with van der Waals surface area (Å²) < 4.78 is 13.0. The lowest BCUT2D eigenvalue weighted by Gasteiger charge is -2.25. The first-order chi connectivity index (χ1) is 15.6. The van der Waals surface area contributed by atoms with Crippen LogP contribution < -0.4 is 15.6 Å². The van der Waals surface area contributed by atoms with E-state index in [9.17, 15) is 14.7 Å². The van der Waals surface area contributed by atoms with Gasteiger partial charge in [0.05, 0.1) is 23.6 Å². The Morgan fingerprint density at radius 1 is 1.18 bits per heavy atom. The fraction of sp³-hybridized carbons (Fsp3) is 0.480. The van der Waals surface area contributed by atoms with E-state index >= 15 is 0 Å². The van der Waals surface area contributed by atoms with Gasteiger partial charge in [-0.3, -0.25) is 9.78 Å². The molecule has 0 spiro atoms. The number of hydrogen-bond acceptors (Lipinski definition) is 6. The van der Waals surface area contributed by atoms with E-state index in [0.717, 1.165) is 17.2 Å². The molecule has 1 atom stereocenters. The normalized spacial score (nSPS) is 12.8. The van der Waals surface area contributed by atoms with Crippen LogP contribution in [0.1, 0.15) is 41.0 Å². The minimum absolute atomic E-state index is 0.165. The largest absolute Gasteiger partial charge is 0.491 e. The smallest absolute Gasteiger partial charge is 0.407 e. The Labute approximate surface area is 193 Å². The van der Waals surface area contributed by atoms with Gasteiger partial charge < -0.3 is 24.5 Å². The molecule has 2 aromatic heterocycles. The van der Waals surface area contributed by atoms with E-state index in [4.69, 9.17) is 9.47 Å². The molecule has 3 aromatic rings. The number of carbonyl (C=O) groups is 1. The Morgan fingerprint density at radius 3 is 2.61 bits per heavy atom. The molecule has 0 radical (unpaired) electrons. The summed E-state index contributed by atoms with van der Waals surface area (Å²) in [6, 6.07) is 7.12. The third-order valence-electron chi connectivity index (χ3n) is 5.10. The molecule has 0 bridgehead atoms. The third-order valence-corrected chi connectivity index (χ3v) is 5.10. The van der Waals surface area contributed by atoms with Crippen LogP contribution in [-0.2, 0) is 11.3 Å². The molecule has 1 aromatic carbocycles. The molecule has 178 valence electrons. The van der Waals surface area contributed by atoms with Gasteiger partial charge in [-0.05, 0) is 56.7 Å². The number of carbonyl (C=O) groups excluding carboxylic acids is 1. The van der Waals surface area contributed by atoms with E-state index in [2.05, 4.69) is 24.1 Å². The Bertz CT molecular complexity index is 1180. The quantitative estimate of drug-likeness (QED) is 0.500. The van der Waals surface area contributed by atoms with Crippen molar-refractivity contribution in [1.29, 1.82) is 0 Å². The van der Waals surface area contributed by atoms with Crippen molar-refractivity contribution in [3.05, 3.63) is 47.0 Å². The van der Waals surface area contributed by atoms with Crippen LogP contribution in [0.4, 0.5) is 4.79 Å². The lowest BCUT2D eigenvalue weighted by molar-refractivity contribution is 0.0480. The molecule has 0 aliphatic rings. The number of benzene rings is 1. The summed E-state index contributed by atoms with van der Waals surface area (Å²) in [6.07, 6.45) is 3.45. The number of rotatable bonds is 8. The van der Waals surface area contributed by atoms with E-state index in [1.807, 2.05) is 39.0 Å². The molecule has 8 nitrogen and oxygen atoms in total. The minimum atomic E-state index is -0.583. The highest BCUT2D eigenvalue weighted by molar-refractivity contribution is 6.05. The Kier molecular flexibility index (Phi) is 7.58. The first kappa shape index (κ1) is 24.5. The van der Waals surface area contributed by atoms with E-state index in [0.29, 0.717) is 22.6 Å². The van der Waals surface area contributed by atoms with Gasteiger partial charge >= 0.3 is 6.09 Å². The average Bonchev–Trinajstić information content (AvgIpc) is 2.73. The number of fused-ring (bicyclic) bond motifs is 3. The molecule has 0 saturated carbocycles. The SMILES string of the molecule is CC(C)CC(COc1ccc2c3ccncc3c(=O)n(CCO)c2c1)NC(=O)OC(C)(C)C. The van der Waals surface area contributed by atoms with Gasteiger partial charge in [0.25, 0.3) is 5.56 Å². The maximum absolute atomic E-state index is 13.0. The second-order valence-electron chi connectivity index (χ2n) is 9.56. The predicted octanol–water partition coefficient (Wildman–Crippen LogP) is 3.86. The standard InChI is InChI=1S/C25H33N3O5/c1-16(2)12-17(27-24(31)33-25(3,4)5)15-32-18-6-7-20-19-8-9-26-14-21(19)23(30)28(10-11-29)22(20)13-18/h6-9,13-14,16-17,29H,10-12,15H2,1-5H3,(H,27,31). The maximum Gasteiger partial charge on any atom is 0.407 e. The van der Waals surface area contributed by atoms with Crippen molar-refractivity contribution in [3.8, 4) is 5.75 Å². The van der Waals surface area contributed by atoms with Gasteiger partial charge in [-0.15, -0.1) is 0 Å². The van der Waals surface area contributed by atoms with E-state index in [1.165, 1.54) is 4.57 Å². The van der Waals surface area contributed by atoms with Crippen molar-refractivity contribution >= 4 is 27.8 Å². The van der Waals surface area contributed by atoms with Crippen molar-refractivity contribution in [2.24, 2.45) is 5.92 Å². The van der Waals surface area contributed by atoms with E-state index in [-0.39, 0.29) is 31.4 Å². The van der Waals surface area contributed by atoms with Gasteiger partial charge in [0, 0.05) is 30.4 Å². The minimum Gasteiger partial charge on any atom is -0.491 e. The molecule has 1 amide bonds. The van der Waals surface area contributed by atoms with Gasteiger partial charge in [-0.25, -0.2) is 4.79 Å². The van der Waals surface area contributed by atoms with Crippen LogP contribution in [0, 0.1) is 5.92 Å². The van der Waals surface area contributed by atoms with Crippen molar-refractivity contribution in [3.63, 3.8) is 0 Å². The lowest BCUT2D eigenvalue weighted by atomic mass is 10.0. The number of nitrogens with one attached hydrogen (secondary N) is 1. The number of aromatic nitrogens is 2. The van der Waals surface area contributed by atoms with Gasteiger partial charge in [0.2, 0.25) is 0 Å². The van der Waals surface area contributed by atoms with Crippen LogP contribution >= 0.6 is 0 Å². The molecular formula is C25H33N3O5. The molecular weight excluding hydrogens is 422 g/mol. The van der Waals surface area contributed by atoms with Crippen LogP contribution in [0.2, 0.25) is 0 Å². The number of aliphatic hydroxyl groups excluding tert-OH is 1. The molecule has 3 rings (SSSR count). The number of hydrogen-bond donors (Lipinski definition) is 2. The molecule has 8 heteroatoms. The highest BCUT2D eigenvalue weighted by Crippen LogP contribution is 2.26. The summed E-state index contributed by atoms with van der Waals surface area (Å²) >= 11 is 0. The summed E-state index contributed by atoms with van der Waals surface area (Å²) in [5.41, 5.74) is -0.118. The fourth-order valence-electron chi connectivity index (χ4n) is 3.84. The van der Waals surface area contributed by atoms with Gasteiger partial charge in [0.15, 0.2) is 0 Å². The number of pyridine rings is 2. The Balaban J connectivity index is 1.88. The highest BCUT2D eigenvalue weighted by Gasteiger charge is 2.21. The van der Waals surface area contributed by atoms with Crippen molar-refractivity contribution in [2.75, 3.05) is 13.2 Å². The molecule has 2 heterocycles. The molecule has 2 N–H and O–H groups in total. The van der Waals surface area contributed by atoms with Gasteiger partial charge in [-0.1, -0.05) is 13.8 Å². The zero-order valence-electron chi connectivity index (χ0n) is 19.9. The van der Waals surface area contributed by atoms with E-state index < -0.39 is 11.7 Å². The predicted molar refractivity (Wildman–Crippen MR) is 129 cm³/mol. The second kappa shape index (κ2) is 10.2. The number of aliphatic hydroxyl groups is 1. The summed E-state index contributed by atoms with van der Waals surface area (Å²) in [5.74, 6) is 0.918. The van der Waals surface area contributed by atoms with Crippen LogP contribution in [0.5, 0.6) is 5.75 Å². The van der Waals surface area contributed by atoms with Crippen LogP contribution in [-0.4, -0.2) is 45.6 Å². The van der Waals surface area contributed by atoms with Crippen LogP contribution in [0.15, 0.2) is 41.5 Å². The summed E-state index contributed by atoms with van der Waals surface area (Å²) in [6.45, 7) is 9.87. The number of ether oxygens (including phenoxy) is 2. The van der Waals surface area contributed by atoms with Crippen molar-refractivity contribution in [2.45, 2.75) is 59.2 Å². The first-order valence-corrected chi connectivity index (χ1v) is 11.2. The maximum atomic E-state index is 13.0. The zero-order chi connectivity index (χ0) is 24.2.